The summed E-state index contributed by atoms with van der Waals surface area (Å²) in [6.07, 6.45) is -2.07. The van der Waals surface area contributed by atoms with Crippen molar-refractivity contribution in [1.82, 2.24) is 25.2 Å². The number of pyridine rings is 1. The van der Waals surface area contributed by atoms with Gasteiger partial charge in [0, 0.05) is 21.8 Å². The van der Waals surface area contributed by atoms with E-state index in [1.54, 1.807) is 19.1 Å². The third-order valence-corrected chi connectivity index (χ3v) is 13.7. The highest BCUT2D eigenvalue weighted by Crippen LogP contribution is 2.48. The standard InChI is InChI=1S/C40H51F4N5O9S/c1-7-23-16-22(2)10-8-9-11-24-19-39(24,35(52)48-59(54,55)38(5)14-15-38)47-32(50)29-18-26(57-33-28-17-25(41)12-13-27(28)30(56-6)20-45-33)21-49(29)34(51)31(23)46-36(53)58-37(3,4)40(42,43)44/h9,11-13,17,20,22-24,26,29,31H,7-8,10,14-16,18-19,21H2,1-6H3,(H,46,53)(H,47,50)(H,48,52)/b11-9-/t22-,23+,24+,26+,29-,31-,39+/m0/s1/i5D3. The Morgan fingerprint density at radius 2 is 1.88 bits per heavy atom. The summed E-state index contributed by atoms with van der Waals surface area (Å²) in [7, 11) is -3.40. The molecule has 0 bridgehead atoms. The number of carbonyl (C=O) groups excluding carboxylic acids is 4. The number of fused-ring (bicyclic) bond motifs is 3. The molecule has 3 heterocycles. The van der Waals surface area contributed by atoms with E-state index in [9.17, 15) is 45.2 Å². The molecule has 6 rings (SSSR count). The molecule has 324 valence electrons. The number of rotatable bonds is 9. The molecule has 4 amide bonds. The van der Waals surface area contributed by atoms with Crippen LogP contribution in [0.25, 0.3) is 10.8 Å². The third-order valence-electron chi connectivity index (χ3n) is 11.8. The lowest BCUT2D eigenvalue weighted by Crippen LogP contribution is -2.60. The SMILES string of the molecule is [2H]C([2H])([2H])C1(S(=O)(=O)NC(=O)[C@@]23C[C@H]2/C=C\CC[C@H](C)C[C@@H](CC)[C@H](NC(=O)OC(C)(C)C(F)(F)F)C(=O)N2C[C@H](Oc4ncc(OC)c5ccc(F)cc45)C[C@H]2C(=O)N3)CC1. The normalized spacial score (nSPS) is 30.1. The number of methoxy groups -OCH3 is 1. The van der Waals surface area contributed by atoms with Crippen LogP contribution in [-0.2, 0) is 29.1 Å². The van der Waals surface area contributed by atoms with E-state index in [0.717, 1.165) is 11.0 Å². The number of carbonyl (C=O) groups is 4. The number of benzene rings is 1. The van der Waals surface area contributed by atoms with Gasteiger partial charge in [0.1, 0.15) is 35.3 Å². The van der Waals surface area contributed by atoms with Gasteiger partial charge >= 0.3 is 12.3 Å². The maximum absolute atomic E-state index is 14.9. The van der Waals surface area contributed by atoms with Crippen molar-refractivity contribution in [3.8, 4) is 11.6 Å². The fourth-order valence-corrected chi connectivity index (χ4v) is 9.01. The van der Waals surface area contributed by atoms with Crippen molar-refractivity contribution in [2.24, 2.45) is 17.8 Å². The summed E-state index contributed by atoms with van der Waals surface area (Å²) >= 11 is 0. The highest BCUT2D eigenvalue weighted by Gasteiger charge is 2.63. The lowest BCUT2D eigenvalue weighted by molar-refractivity contribution is -0.244. The number of amides is 4. The molecular weight excluding hydrogens is 803 g/mol. The molecule has 14 nitrogen and oxygen atoms in total. The van der Waals surface area contributed by atoms with Crippen LogP contribution in [0.2, 0.25) is 0 Å². The van der Waals surface area contributed by atoms with E-state index >= 15 is 0 Å². The van der Waals surface area contributed by atoms with Crippen molar-refractivity contribution in [2.45, 2.75) is 126 Å². The monoisotopic (exact) mass is 856 g/mol. The molecule has 3 fully saturated rings. The topological polar surface area (TPSA) is 182 Å². The lowest BCUT2D eigenvalue weighted by Gasteiger charge is -2.35. The number of halogens is 4. The van der Waals surface area contributed by atoms with Crippen LogP contribution < -0.4 is 24.8 Å². The number of alkyl halides is 3. The smallest absolute Gasteiger partial charge is 0.427 e. The molecule has 3 N–H and O–H groups in total. The second kappa shape index (κ2) is 16.1. The average molecular weight is 857 g/mol. The van der Waals surface area contributed by atoms with Crippen LogP contribution in [0.15, 0.2) is 36.5 Å². The molecule has 1 aromatic carbocycles. The van der Waals surface area contributed by atoms with Gasteiger partial charge in [-0.15, -0.1) is 0 Å². The predicted molar refractivity (Wildman–Crippen MR) is 206 cm³/mol. The summed E-state index contributed by atoms with van der Waals surface area (Å²) < 4.78 is 123. The molecule has 0 unspecified atom stereocenters. The van der Waals surface area contributed by atoms with Crippen molar-refractivity contribution in [1.29, 1.82) is 0 Å². The minimum Gasteiger partial charge on any atom is -0.494 e. The first kappa shape index (κ1) is 39.8. The summed E-state index contributed by atoms with van der Waals surface area (Å²) in [5, 5.41) is 5.64. The number of allylic oxidation sites excluding steroid dienone is 1. The quantitative estimate of drug-likeness (QED) is 0.217. The van der Waals surface area contributed by atoms with Crippen LogP contribution in [0, 0.1) is 23.6 Å². The molecule has 7 atom stereocenters. The van der Waals surface area contributed by atoms with Crippen LogP contribution in [0.4, 0.5) is 22.4 Å². The minimum atomic E-state index is -4.97. The summed E-state index contributed by atoms with van der Waals surface area (Å²) in [6.45, 7) is 1.61. The Bertz CT molecular complexity index is 2240. The fourth-order valence-electron chi connectivity index (χ4n) is 7.75. The molecule has 19 heteroatoms. The number of ether oxygens (including phenoxy) is 3. The number of alkyl carbamates (subject to hydrolysis) is 1. The zero-order valence-electron chi connectivity index (χ0n) is 36.3. The average Bonchev–Trinajstić information content (AvgIpc) is 4.09. The molecule has 0 spiro atoms. The van der Waals surface area contributed by atoms with Gasteiger partial charge in [-0.3, -0.25) is 19.1 Å². The summed E-state index contributed by atoms with van der Waals surface area (Å²) in [6, 6.07) is 0.776. The second-order valence-corrected chi connectivity index (χ2v) is 18.5. The Labute approximate surface area is 344 Å². The van der Waals surface area contributed by atoms with Crippen molar-refractivity contribution >= 4 is 44.6 Å². The van der Waals surface area contributed by atoms with Gasteiger partial charge in [-0.1, -0.05) is 32.4 Å². The van der Waals surface area contributed by atoms with Crippen molar-refractivity contribution in [2.75, 3.05) is 13.7 Å². The first-order valence-corrected chi connectivity index (χ1v) is 21.0. The Hall–Kier alpha value is -4.68. The largest absolute Gasteiger partial charge is 0.494 e. The number of aromatic nitrogens is 1. The van der Waals surface area contributed by atoms with E-state index in [0.29, 0.717) is 44.2 Å². The van der Waals surface area contributed by atoms with Gasteiger partial charge in [0.2, 0.25) is 33.3 Å². The number of hydrogen-bond acceptors (Lipinski definition) is 10. The molecule has 1 saturated heterocycles. The van der Waals surface area contributed by atoms with Gasteiger partial charge in [0.15, 0.2) is 0 Å². The zero-order chi connectivity index (χ0) is 45.8. The minimum absolute atomic E-state index is 0.0796. The lowest BCUT2D eigenvalue weighted by atomic mass is 9.85. The van der Waals surface area contributed by atoms with Crippen molar-refractivity contribution in [3.05, 3.63) is 42.4 Å². The van der Waals surface area contributed by atoms with E-state index in [4.69, 9.17) is 18.3 Å². The Balaban J connectivity index is 1.39. The number of nitrogens with zero attached hydrogens (tertiary/aromatic N) is 2. The molecule has 2 saturated carbocycles. The van der Waals surface area contributed by atoms with Gasteiger partial charge in [0.25, 0.3) is 5.91 Å². The molecule has 1 aromatic heterocycles. The Morgan fingerprint density at radius 1 is 1.15 bits per heavy atom. The highest BCUT2D eigenvalue weighted by atomic mass is 32.2. The molecular formula is C40H51F4N5O9S. The Kier molecular flexibility index (Phi) is 10.8. The summed E-state index contributed by atoms with van der Waals surface area (Å²) in [5.74, 6) is -4.98. The third kappa shape index (κ3) is 8.94. The van der Waals surface area contributed by atoms with E-state index in [1.165, 1.54) is 25.4 Å². The second-order valence-electron chi connectivity index (χ2n) is 16.5. The molecule has 2 aliphatic heterocycles. The molecule has 0 radical (unpaired) electrons. The van der Waals surface area contributed by atoms with Crippen LogP contribution in [0.5, 0.6) is 11.6 Å². The zero-order valence-corrected chi connectivity index (χ0v) is 34.1. The van der Waals surface area contributed by atoms with Crippen molar-refractivity contribution < 1.29 is 63.5 Å². The van der Waals surface area contributed by atoms with Crippen molar-refractivity contribution in [3.63, 3.8) is 0 Å². The summed E-state index contributed by atoms with van der Waals surface area (Å²) in [4.78, 5) is 62.2. The van der Waals surface area contributed by atoms with Gasteiger partial charge in [-0.25, -0.2) is 22.6 Å². The first-order valence-electron chi connectivity index (χ1n) is 21.0. The summed E-state index contributed by atoms with van der Waals surface area (Å²) in [5.41, 5.74) is -4.84. The van der Waals surface area contributed by atoms with Crippen LogP contribution in [-0.4, -0.2) is 96.0 Å². The fraction of sp³-hybridized carbons (Fsp3) is 0.625. The van der Waals surface area contributed by atoms with Gasteiger partial charge < -0.3 is 29.7 Å². The molecule has 4 aliphatic rings. The van der Waals surface area contributed by atoms with E-state index < -0.39 is 98.6 Å². The maximum Gasteiger partial charge on any atom is 0.427 e. The molecule has 2 aromatic rings. The maximum atomic E-state index is 14.9. The number of sulfonamides is 1. The van der Waals surface area contributed by atoms with Crippen LogP contribution in [0.3, 0.4) is 0 Å². The number of hydrogen-bond donors (Lipinski definition) is 3. The van der Waals surface area contributed by atoms with Gasteiger partial charge in [-0.05, 0) is 89.3 Å². The molecule has 2 aliphatic carbocycles. The van der Waals surface area contributed by atoms with Gasteiger partial charge in [0.05, 0.1) is 30.0 Å². The van der Waals surface area contributed by atoms with E-state index in [1.807, 2.05) is 11.6 Å². The molecule has 59 heavy (non-hydrogen) atoms. The first-order chi connectivity index (χ1) is 28.8. The van der Waals surface area contributed by atoms with E-state index in [-0.39, 0.29) is 55.8 Å². The van der Waals surface area contributed by atoms with Crippen LogP contribution >= 0.6 is 0 Å². The van der Waals surface area contributed by atoms with Gasteiger partial charge in [-0.2, -0.15) is 13.2 Å². The number of nitrogens with one attached hydrogen (secondary N) is 3. The Morgan fingerprint density at radius 3 is 2.53 bits per heavy atom. The van der Waals surface area contributed by atoms with Crippen LogP contribution in [0.1, 0.15) is 90.0 Å². The predicted octanol–water partition coefficient (Wildman–Crippen LogP) is 5.44. The highest BCUT2D eigenvalue weighted by molar-refractivity contribution is 7.91. The van der Waals surface area contributed by atoms with E-state index in [2.05, 4.69) is 15.6 Å².